The van der Waals surface area contributed by atoms with Gasteiger partial charge in [0.15, 0.2) is 0 Å². The lowest BCUT2D eigenvalue weighted by molar-refractivity contribution is -0.142. The molecule has 0 aromatic carbocycles. The third-order valence-corrected chi connectivity index (χ3v) is 2.97. The van der Waals surface area contributed by atoms with Gasteiger partial charge in [-0.1, -0.05) is 0 Å². The highest BCUT2D eigenvalue weighted by molar-refractivity contribution is 5.85. The molecule has 0 heterocycles. The second kappa shape index (κ2) is 9.05. The number of hydrogen-bond acceptors (Lipinski definition) is 4. The molecular formula is C10H22Cl2N2O2. The molecule has 1 aliphatic carbocycles. The van der Waals surface area contributed by atoms with Crippen molar-refractivity contribution in [2.75, 3.05) is 20.7 Å². The SMILES string of the molecule is COC(=O)CN(C)[C@H]1CC[C@H](N)CC1.Cl.Cl. The Morgan fingerprint density at radius 2 is 1.81 bits per heavy atom. The molecule has 0 amide bonds. The summed E-state index contributed by atoms with van der Waals surface area (Å²) in [5, 5.41) is 0. The van der Waals surface area contributed by atoms with Crippen LogP contribution in [0.1, 0.15) is 25.7 Å². The molecular weight excluding hydrogens is 251 g/mol. The molecule has 4 nitrogen and oxygen atoms in total. The van der Waals surface area contributed by atoms with Crippen LogP contribution in [0.2, 0.25) is 0 Å². The molecule has 0 radical (unpaired) electrons. The lowest BCUT2D eigenvalue weighted by atomic mass is 9.91. The molecule has 1 rings (SSSR count). The smallest absolute Gasteiger partial charge is 0.319 e. The predicted octanol–water partition coefficient (Wildman–Crippen LogP) is 1.20. The lowest BCUT2D eigenvalue weighted by Crippen LogP contribution is -2.41. The Hall–Kier alpha value is -0.0300. The summed E-state index contributed by atoms with van der Waals surface area (Å²) in [6.07, 6.45) is 4.32. The van der Waals surface area contributed by atoms with Crippen LogP contribution in [0.4, 0.5) is 0 Å². The van der Waals surface area contributed by atoms with E-state index in [9.17, 15) is 4.79 Å². The van der Waals surface area contributed by atoms with E-state index < -0.39 is 0 Å². The van der Waals surface area contributed by atoms with Gasteiger partial charge < -0.3 is 10.5 Å². The van der Waals surface area contributed by atoms with Crippen molar-refractivity contribution in [3.8, 4) is 0 Å². The van der Waals surface area contributed by atoms with Crippen LogP contribution >= 0.6 is 24.8 Å². The molecule has 2 N–H and O–H groups in total. The maximum atomic E-state index is 11.0. The minimum Gasteiger partial charge on any atom is -0.468 e. The summed E-state index contributed by atoms with van der Waals surface area (Å²) in [6, 6.07) is 0.853. The van der Waals surface area contributed by atoms with Crippen molar-refractivity contribution >= 4 is 30.8 Å². The molecule has 0 unspecified atom stereocenters. The molecule has 0 aliphatic heterocycles. The fourth-order valence-corrected chi connectivity index (χ4v) is 1.94. The number of rotatable bonds is 3. The second-order valence-corrected chi connectivity index (χ2v) is 4.06. The summed E-state index contributed by atoms with van der Waals surface area (Å²) in [5.41, 5.74) is 5.81. The van der Waals surface area contributed by atoms with Crippen molar-refractivity contribution in [2.45, 2.75) is 37.8 Å². The van der Waals surface area contributed by atoms with Crippen molar-refractivity contribution < 1.29 is 9.53 Å². The normalized spacial score (nSPS) is 24.2. The van der Waals surface area contributed by atoms with E-state index in [1.165, 1.54) is 7.11 Å². The largest absolute Gasteiger partial charge is 0.468 e. The first-order valence-corrected chi connectivity index (χ1v) is 5.16. The number of ether oxygens (including phenoxy) is 1. The van der Waals surface area contributed by atoms with Gasteiger partial charge in [-0.25, -0.2) is 0 Å². The van der Waals surface area contributed by atoms with Crippen LogP contribution in [0.3, 0.4) is 0 Å². The topological polar surface area (TPSA) is 55.6 Å². The number of esters is 1. The van der Waals surface area contributed by atoms with E-state index in [0.717, 1.165) is 25.7 Å². The molecule has 0 aromatic heterocycles. The number of hydrogen-bond donors (Lipinski definition) is 1. The van der Waals surface area contributed by atoms with E-state index in [-0.39, 0.29) is 30.8 Å². The van der Waals surface area contributed by atoms with E-state index >= 15 is 0 Å². The van der Waals surface area contributed by atoms with Crippen LogP contribution in [-0.2, 0) is 9.53 Å². The summed E-state index contributed by atoms with van der Waals surface area (Å²) >= 11 is 0. The Morgan fingerprint density at radius 3 is 2.25 bits per heavy atom. The molecule has 6 heteroatoms. The molecule has 1 saturated carbocycles. The van der Waals surface area contributed by atoms with Crippen molar-refractivity contribution in [2.24, 2.45) is 5.73 Å². The van der Waals surface area contributed by atoms with Gasteiger partial charge in [0.2, 0.25) is 0 Å². The monoisotopic (exact) mass is 272 g/mol. The minimum atomic E-state index is -0.164. The van der Waals surface area contributed by atoms with Gasteiger partial charge in [0.25, 0.3) is 0 Å². The van der Waals surface area contributed by atoms with Crippen molar-refractivity contribution in [1.29, 1.82) is 0 Å². The molecule has 1 aliphatic rings. The number of carbonyl (C=O) groups excluding carboxylic acids is 1. The van der Waals surface area contributed by atoms with Crippen molar-refractivity contribution in [1.82, 2.24) is 4.90 Å². The minimum absolute atomic E-state index is 0. The van der Waals surface area contributed by atoms with Gasteiger partial charge >= 0.3 is 5.97 Å². The predicted molar refractivity (Wildman–Crippen MR) is 69.4 cm³/mol. The van der Waals surface area contributed by atoms with Crippen LogP contribution in [0.15, 0.2) is 0 Å². The number of carbonyl (C=O) groups is 1. The fourth-order valence-electron chi connectivity index (χ4n) is 1.94. The zero-order valence-electron chi connectivity index (χ0n) is 9.85. The third-order valence-electron chi connectivity index (χ3n) is 2.97. The van der Waals surface area contributed by atoms with Gasteiger partial charge in [-0.2, -0.15) is 0 Å². The Morgan fingerprint density at radius 1 is 1.31 bits per heavy atom. The Kier molecular flexibility index (Phi) is 10.4. The third kappa shape index (κ3) is 5.89. The summed E-state index contributed by atoms with van der Waals surface area (Å²) in [6.45, 7) is 0.385. The van der Waals surface area contributed by atoms with Crippen molar-refractivity contribution in [3.63, 3.8) is 0 Å². The van der Waals surface area contributed by atoms with Crippen LogP contribution in [0.5, 0.6) is 0 Å². The standard InChI is InChI=1S/C10H20N2O2.2ClH/c1-12(7-10(13)14-2)9-5-3-8(11)4-6-9;;/h8-9H,3-7,11H2,1-2H3;2*1H/t8-,9-;;. The van der Waals surface area contributed by atoms with Gasteiger partial charge in [-0.3, -0.25) is 9.69 Å². The Balaban J connectivity index is 0. The van der Waals surface area contributed by atoms with Crippen LogP contribution in [0, 0.1) is 0 Å². The van der Waals surface area contributed by atoms with E-state index in [2.05, 4.69) is 9.64 Å². The molecule has 0 aromatic rings. The Labute approximate surface area is 110 Å². The summed E-state index contributed by atoms with van der Waals surface area (Å²) in [4.78, 5) is 13.1. The van der Waals surface area contributed by atoms with Gasteiger partial charge in [0.05, 0.1) is 13.7 Å². The second-order valence-electron chi connectivity index (χ2n) is 4.06. The van der Waals surface area contributed by atoms with Crippen molar-refractivity contribution in [3.05, 3.63) is 0 Å². The number of methoxy groups -OCH3 is 1. The quantitative estimate of drug-likeness (QED) is 0.785. The van der Waals surface area contributed by atoms with E-state index in [1.54, 1.807) is 0 Å². The van der Waals surface area contributed by atoms with Crippen LogP contribution in [0.25, 0.3) is 0 Å². The molecule has 0 saturated heterocycles. The van der Waals surface area contributed by atoms with Gasteiger partial charge in [-0.05, 0) is 32.7 Å². The number of nitrogens with two attached hydrogens (primary N) is 1. The highest BCUT2D eigenvalue weighted by atomic mass is 35.5. The molecule has 0 bridgehead atoms. The number of likely N-dealkylation sites (N-methyl/N-ethyl adjacent to an activating group) is 1. The lowest BCUT2D eigenvalue weighted by Gasteiger charge is -2.32. The summed E-state index contributed by atoms with van der Waals surface area (Å²) in [7, 11) is 3.39. The molecule has 0 spiro atoms. The van der Waals surface area contributed by atoms with Gasteiger partial charge in [0, 0.05) is 12.1 Å². The fraction of sp³-hybridized carbons (Fsp3) is 0.900. The van der Waals surface area contributed by atoms with E-state index in [0.29, 0.717) is 18.6 Å². The first kappa shape index (κ1) is 18.3. The number of nitrogens with zero attached hydrogens (tertiary/aromatic N) is 1. The Bertz CT molecular complexity index is 197. The maximum Gasteiger partial charge on any atom is 0.319 e. The first-order valence-electron chi connectivity index (χ1n) is 5.16. The zero-order chi connectivity index (χ0) is 10.6. The molecule has 98 valence electrons. The zero-order valence-corrected chi connectivity index (χ0v) is 11.5. The highest BCUT2D eigenvalue weighted by Gasteiger charge is 2.23. The highest BCUT2D eigenvalue weighted by Crippen LogP contribution is 2.20. The van der Waals surface area contributed by atoms with Gasteiger partial charge in [-0.15, -0.1) is 24.8 Å². The molecule has 1 fully saturated rings. The van der Waals surface area contributed by atoms with Gasteiger partial charge in [0.1, 0.15) is 0 Å². The summed E-state index contributed by atoms with van der Waals surface area (Å²) < 4.78 is 4.63. The number of halogens is 2. The first-order chi connectivity index (χ1) is 6.63. The molecule has 16 heavy (non-hydrogen) atoms. The van der Waals surface area contributed by atoms with Crippen LogP contribution in [-0.4, -0.2) is 43.7 Å². The van der Waals surface area contributed by atoms with E-state index in [4.69, 9.17) is 5.73 Å². The van der Waals surface area contributed by atoms with E-state index in [1.807, 2.05) is 7.05 Å². The average Bonchev–Trinajstić information content (AvgIpc) is 2.18. The summed E-state index contributed by atoms with van der Waals surface area (Å²) in [5.74, 6) is -0.164. The van der Waals surface area contributed by atoms with Crippen LogP contribution < -0.4 is 5.73 Å². The maximum absolute atomic E-state index is 11.0. The molecule has 0 atom stereocenters. The average molecular weight is 273 g/mol.